The largest absolute Gasteiger partial charge is 0.342 e. The number of aromatic nitrogens is 3. The molecule has 0 aliphatic rings. The molecule has 0 aliphatic heterocycles. The average molecular weight is 541 g/mol. The second-order valence-electron chi connectivity index (χ2n) is 8.03. The first-order valence-corrected chi connectivity index (χ1v) is 12.6. The SMILES string of the molecule is CC(C)C[C@H](NC(=O)c1ccccc1Cl)c1nnc(SCC(=O)Nc2cc(Cl)cc(Cl)c2)n1C. The van der Waals surface area contributed by atoms with E-state index in [-0.39, 0.29) is 23.6 Å². The summed E-state index contributed by atoms with van der Waals surface area (Å²) in [7, 11) is 1.81. The van der Waals surface area contributed by atoms with Crippen LogP contribution in [0, 0.1) is 5.92 Å². The number of benzene rings is 2. The molecule has 2 amide bonds. The van der Waals surface area contributed by atoms with Gasteiger partial charge in [0, 0.05) is 22.8 Å². The third kappa shape index (κ3) is 7.12. The van der Waals surface area contributed by atoms with Crippen molar-refractivity contribution < 1.29 is 9.59 Å². The fourth-order valence-electron chi connectivity index (χ4n) is 3.29. The smallest absolute Gasteiger partial charge is 0.253 e. The maximum absolute atomic E-state index is 12.9. The molecule has 34 heavy (non-hydrogen) atoms. The molecule has 0 saturated heterocycles. The molecule has 1 atom stereocenters. The van der Waals surface area contributed by atoms with Gasteiger partial charge in [0.1, 0.15) is 0 Å². The summed E-state index contributed by atoms with van der Waals surface area (Å²) in [5, 5.41) is 16.1. The number of rotatable bonds is 9. The van der Waals surface area contributed by atoms with Crippen LogP contribution in [-0.2, 0) is 11.8 Å². The minimum Gasteiger partial charge on any atom is -0.342 e. The molecule has 180 valence electrons. The number of halogens is 3. The lowest BCUT2D eigenvalue weighted by Crippen LogP contribution is -2.31. The Labute approximate surface area is 217 Å². The Morgan fingerprint density at radius 2 is 1.74 bits per heavy atom. The Bertz CT molecular complexity index is 1160. The van der Waals surface area contributed by atoms with Crippen LogP contribution in [-0.4, -0.2) is 32.3 Å². The Hall–Kier alpha value is -2.26. The number of hydrogen-bond acceptors (Lipinski definition) is 5. The minimum absolute atomic E-state index is 0.108. The summed E-state index contributed by atoms with van der Waals surface area (Å²) in [6.45, 7) is 4.13. The van der Waals surface area contributed by atoms with Crippen molar-refractivity contribution in [3.63, 3.8) is 0 Å². The van der Waals surface area contributed by atoms with Crippen molar-refractivity contribution >= 4 is 64.1 Å². The van der Waals surface area contributed by atoms with Gasteiger partial charge in [0.2, 0.25) is 5.91 Å². The van der Waals surface area contributed by atoms with E-state index in [9.17, 15) is 9.59 Å². The van der Waals surface area contributed by atoms with Gasteiger partial charge in [0.25, 0.3) is 5.91 Å². The molecular formula is C23H24Cl3N5O2S. The van der Waals surface area contributed by atoms with Crippen molar-refractivity contribution in [1.29, 1.82) is 0 Å². The van der Waals surface area contributed by atoms with Gasteiger partial charge in [-0.05, 0) is 42.7 Å². The van der Waals surface area contributed by atoms with E-state index < -0.39 is 0 Å². The molecule has 0 aliphatic carbocycles. The van der Waals surface area contributed by atoms with Crippen LogP contribution in [0.4, 0.5) is 5.69 Å². The topological polar surface area (TPSA) is 88.9 Å². The van der Waals surface area contributed by atoms with Crippen molar-refractivity contribution in [2.45, 2.75) is 31.5 Å². The monoisotopic (exact) mass is 539 g/mol. The summed E-state index contributed by atoms with van der Waals surface area (Å²) < 4.78 is 1.79. The number of amides is 2. The molecule has 0 saturated carbocycles. The van der Waals surface area contributed by atoms with Gasteiger partial charge in [-0.1, -0.05) is 72.5 Å². The highest BCUT2D eigenvalue weighted by Gasteiger charge is 2.24. The van der Waals surface area contributed by atoms with Crippen LogP contribution in [0.5, 0.6) is 0 Å². The molecule has 2 aromatic carbocycles. The van der Waals surface area contributed by atoms with Gasteiger partial charge in [0.05, 0.1) is 22.4 Å². The van der Waals surface area contributed by atoms with Crippen LogP contribution < -0.4 is 10.6 Å². The van der Waals surface area contributed by atoms with Gasteiger partial charge in [0.15, 0.2) is 11.0 Å². The predicted octanol–water partition coefficient (Wildman–Crippen LogP) is 6.02. The van der Waals surface area contributed by atoms with Crippen molar-refractivity contribution in [3.05, 3.63) is 68.9 Å². The van der Waals surface area contributed by atoms with Gasteiger partial charge in [-0.2, -0.15) is 0 Å². The summed E-state index contributed by atoms with van der Waals surface area (Å²) >= 11 is 19.4. The summed E-state index contributed by atoms with van der Waals surface area (Å²) in [5.74, 6) is 0.474. The van der Waals surface area contributed by atoms with Crippen LogP contribution in [0.15, 0.2) is 47.6 Å². The normalized spacial score (nSPS) is 12.0. The molecule has 0 bridgehead atoms. The molecule has 1 heterocycles. The van der Waals surface area contributed by atoms with Crippen LogP contribution in [0.1, 0.15) is 42.5 Å². The van der Waals surface area contributed by atoms with Crippen molar-refractivity contribution in [2.24, 2.45) is 13.0 Å². The van der Waals surface area contributed by atoms with E-state index in [1.807, 2.05) is 0 Å². The standard InChI is InChI=1S/C23H24Cl3N5O2S/c1-13(2)8-19(28-22(33)17-6-4-5-7-18(17)26)21-29-30-23(31(21)3)34-12-20(32)27-16-10-14(24)9-15(25)11-16/h4-7,9-11,13,19H,8,12H2,1-3H3,(H,27,32)(H,28,33)/t19-/m0/s1. The second kappa shape index (κ2) is 11.9. The number of carbonyl (C=O) groups is 2. The van der Waals surface area contributed by atoms with Gasteiger partial charge in [-0.15, -0.1) is 10.2 Å². The molecule has 3 rings (SSSR count). The van der Waals surface area contributed by atoms with E-state index in [0.717, 1.165) is 0 Å². The van der Waals surface area contributed by atoms with Crippen molar-refractivity contribution in [1.82, 2.24) is 20.1 Å². The first-order valence-electron chi connectivity index (χ1n) is 10.5. The van der Waals surface area contributed by atoms with Crippen LogP contribution in [0.3, 0.4) is 0 Å². The third-order valence-corrected chi connectivity index (χ3v) is 6.58. The van der Waals surface area contributed by atoms with E-state index in [2.05, 4.69) is 34.7 Å². The molecule has 7 nitrogen and oxygen atoms in total. The van der Waals surface area contributed by atoms with Gasteiger partial charge < -0.3 is 15.2 Å². The number of hydrogen-bond donors (Lipinski definition) is 2. The number of carbonyl (C=O) groups excluding carboxylic acids is 2. The predicted molar refractivity (Wildman–Crippen MR) is 138 cm³/mol. The van der Waals surface area contributed by atoms with E-state index >= 15 is 0 Å². The highest BCUT2D eigenvalue weighted by Crippen LogP contribution is 2.26. The molecule has 0 radical (unpaired) electrons. The fraction of sp³-hybridized carbons (Fsp3) is 0.304. The summed E-state index contributed by atoms with van der Waals surface area (Å²) in [4.78, 5) is 25.3. The zero-order valence-corrected chi connectivity index (χ0v) is 21.9. The zero-order valence-electron chi connectivity index (χ0n) is 18.8. The first kappa shape index (κ1) is 26.3. The number of nitrogens with zero attached hydrogens (tertiary/aromatic N) is 3. The number of anilines is 1. The molecule has 1 aromatic heterocycles. The van der Waals surface area contributed by atoms with Gasteiger partial charge >= 0.3 is 0 Å². The van der Waals surface area contributed by atoms with Gasteiger partial charge in [-0.25, -0.2) is 0 Å². The first-order chi connectivity index (χ1) is 16.1. The second-order valence-corrected chi connectivity index (χ2v) is 10.3. The van der Waals surface area contributed by atoms with Crippen molar-refractivity contribution in [3.8, 4) is 0 Å². The lowest BCUT2D eigenvalue weighted by Gasteiger charge is -2.20. The minimum atomic E-state index is -0.377. The lowest BCUT2D eigenvalue weighted by molar-refractivity contribution is -0.113. The molecule has 0 spiro atoms. The summed E-state index contributed by atoms with van der Waals surface area (Å²) in [5.41, 5.74) is 0.911. The Morgan fingerprint density at radius 3 is 2.38 bits per heavy atom. The molecule has 3 aromatic rings. The number of thioether (sulfide) groups is 1. The number of nitrogens with one attached hydrogen (secondary N) is 2. The highest BCUT2D eigenvalue weighted by atomic mass is 35.5. The molecule has 11 heteroatoms. The molecular weight excluding hydrogens is 517 g/mol. The van der Waals surface area contributed by atoms with Gasteiger partial charge in [-0.3, -0.25) is 9.59 Å². The fourth-order valence-corrected chi connectivity index (χ4v) is 4.76. The van der Waals surface area contributed by atoms with Crippen LogP contribution in [0.2, 0.25) is 15.1 Å². The lowest BCUT2D eigenvalue weighted by atomic mass is 10.0. The molecule has 0 unspecified atom stereocenters. The zero-order chi connectivity index (χ0) is 24.8. The maximum atomic E-state index is 12.9. The van der Waals surface area contributed by atoms with E-state index in [1.54, 1.807) is 54.1 Å². The molecule has 2 N–H and O–H groups in total. The highest BCUT2D eigenvalue weighted by molar-refractivity contribution is 7.99. The maximum Gasteiger partial charge on any atom is 0.253 e. The third-order valence-electron chi connectivity index (χ3n) is 4.79. The van der Waals surface area contributed by atoms with E-state index in [4.69, 9.17) is 34.8 Å². The van der Waals surface area contributed by atoms with E-state index in [0.29, 0.717) is 49.6 Å². The molecule has 0 fully saturated rings. The van der Waals surface area contributed by atoms with Crippen LogP contribution in [0.25, 0.3) is 0 Å². The van der Waals surface area contributed by atoms with Crippen molar-refractivity contribution in [2.75, 3.05) is 11.1 Å². The average Bonchev–Trinajstić information content (AvgIpc) is 3.11. The summed E-state index contributed by atoms with van der Waals surface area (Å²) in [6, 6.07) is 11.3. The van der Waals surface area contributed by atoms with E-state index in [1.165, 1.54) is 11.8 Å². The van der Waals surface area contributed by atoms with Crippen LogP contribution >= 0.6 is 46.6 Å². The Balaban J connectivity index is 1.69. The quantitative estimate of drug-likeness (QED) is 0.324. The summed E-state index contributed by atoms with van der Waals surface area (Å²) in [6.07, 6.45) is 0.656. The Morgan fingerprint density at radius 1 is 1.06 bits per heavy atom. The Kier molecular flexibility index (Phi) is 9.24.